The summed E-state index contributed by atoms with van der Waals surface area (Å²) in [6.45, 7) is 0.168. The molecule has 0 aliphatic rings. The maximum Gasteiger partial charge on any atom is 0.434 e. The largest absolute Gasteiger partial charge is 0.434 e. The van der Waals surface area contributed by atoms with Gasteiger partial charge in [0.15, 0.2) is 0 Å². The van der Waals surface area contributed by atoms with Crippen molar-refractivity contribution in [2.24, 2.45) is 0 Å². The van der Waals surface area contributed by atoms with Crippen molar-refractivity contribution in [2.75, 3.05) is 5.33 Å². The normalized spacial score (nSPS) is 12.8. The number of aliphatic hydroxyl groups is 1. The first-order chi connectivity index (χ1) is 6.15. The van der Waals surface area contributed by atoms with Crippen LogP contribution in [0.5, 0.6) is 0 Å². The summed E-state index contributed by atoms with van der Waals surface area (Å²) in [7, 11) is 0. The molecule has 0 saturated carbocycles. The number of aliphatic hydroxyl groups excluding tert-OH is 1. The van der Waals surface area contributed by atoms with Gasteiger partial charge in [-0.05, 0) is 4.92 Å². The maximum absolute atomic E-state index is 10.4. The summed E-state index contributed by atoms with van der Waals surface area (Å²) in [6, 6.07) is 0. The average Bonchev–Trinajstić information content (AvgIpc) is 2.52. The molecule has 0 amide bonds. The van der Waals surface area contributed by atoms with Gasteiger partial charge in [-0.1, -0.05) is 20.9 Å². The Balaban J connectivity index is 2.76. The van der Waals surface area contributed by atoms with Crippen molar-refractivity contribution in [3.63, 3.8) is 0 Å². The third-order valence-corrected chi connectivity index (χ3v) is 2.19. The van der Waals surface area contributed by atoms with E-state index in [-0.39, 0.29) is 12.5 Å². The Morgan fingerprint density at radius 3 is 3.08 bits per heavy atom. The molecule has 1 aromatic heterocycles. The highest BCUT2D eigenvalue weighted by Gasteiger charge is 2.16. The number of nitrogens with zero attached hydrogens (tertiary/aromatic N) is 3. The first kappa shape index (κ1) is 10.1. The van der Waals surface area contributed by atoms with Gasteiger partial charge in [-0.25, -0.2) is 4.57 Å². The molecule has 1 N–H and O–H groups in total. The molecule has 0 radical (unpaired) electrons. The molecule has 1 heterocycles. The Hall–Kier alpha value is -0.950. The number of hydrogen-bond donors (Lipinski definition) is 1. The van der Waals surface area contributed by atoms with Crippen molar-refractivity contribution in [1.82, 2.24) is 9.55 Å². The van der Waals surface area contributed by atoms with Crippen LogP contribution in [-0.2, 0) is 6.54 Å². The molecule has 0 saturated heterocycles. The van der Waals surface area contributed by atoms with Gasteiger partial charge < -0.3 is 15.2 Å². The van der Waals surface area contributed by atoms with Gasteiger partial charge >= 0.3 is 5.95 Å². The molecule has 7 heteroatoms. The zero-order valence-electron chi connectivity index (χ0n) is 6.63. The zero-order valence-corrected chi connectivity index (χ0v) is 8.22. The summed E-state index contributed by atoms with van der Waals surface area (Å²) >= 11 is 3.07. The van der Waals surface area contributed by atoms with Crippen LogP contribution < -0.4 is 0 Å². The van der Waals surface area contributed by atoms with E-state index in [4.69, 9.17) is 0 Å². The molecule has 6 nitrogen and oxygen atoms in total. The molecule has 0 bridgehead atoms. The Morgan fingerprint density at radius 1 is 1.85 bits per heavy atom. The topological polar surface area (TPSA) is 81.2 Å². The minimum absolute atomic E-state index is 0.168. The summed E-state index contributed by atoms with van der Waals surface area (Å²) in [4.78, 5) is 13.3. The van der Waals surface area contributed by atoms with E-state index in [2.05, 4.69) is 20.9 Å². The van der Waals surface area contributed by atoms with Crippen molar-refractivity contribution in [3.05, 3.63) is 22.5 Å². The van der Waals surface area contributed by atoms with E-state index in [1.807, 2.05) is 0 Å². The molecule has 0 aromatic carbocycles. The average molecular weight is 250 g/mol. The SMILES string of the molecule is O=[N+]([O-])c1nccn1CC(O)CBr. The molecule has 0 spiro atoms. The quantitative estimate of drug-likeness (QED) is 0.480. The van der Waals surface area contributed by atoms with Crippen molar-refractivity contribution in [1.29, 1.82) is 0 Å². The van der Waals surface area contributed by atoms with E-state index in [1.54, 1.807) is 0 Å². The molecule has 1 aromatic rings. The Morgan fingerprint density at radius 2 is 2.54 bits per heavy atom. The molecule has 0 aliphatic carbocycles. The van der Waals surface area contributed by atoms with Crippen LogP contribution in [0.4, 0.5) is 5.95 Å². The maximum atomic E-state index is 10.4. The summed E-state index contributed by atoms with van der Waals surface area (Å²) in [5.41, 5.74) is 0. The highest BCUT2D eigenvalue weighted by molar-refractivity contribution is 9.09. The summed E-state index contributed by atoms with van der Waals surface area (Å²) in [6.07, 6.45) is 2.15. The van der Waals surface area contributed by atoms with E-state index in [0.717, 1.165) is 0 Å². The molecular formula is C6H8BrN3O3. The molecule has 1 atom stereocenters. The van der Waals surface area contributed by atoms with E-state index in [9.17, 15) is 15.2 Å². The predicted octanol–water partition coefficient (Wildman–Crippen LogP) is 0.547. The van der Waals surface area contributed by atoms with Gasteiger partial charge in [0.25, 0.3) is 0 Å². The second-order valence-electron chi connectivity index (χ2n) is 2.44. The van der Waals surface area contributed by atoms with Crippen LogP contribution in [0.2, 0.25) is 0 Å². The molecule has 13 heavy (non-hydrogen) atoms. The van der Waals surface area contributed by atoms with Crippen LogP contribution in [0.25, 0.3) is 0 Å². The highest BCUT2D eigenvalue weighted by atomic mass is 79.9. The Kier molecular flexibility index (Phi) is 3.38. The van der Waals surface area contributed by atoms with Crippen LogP contribution in [0.1, 0.15) is 0 Å². The van der Waals surface area contributed by atoms with Gasteiger partial charge in [0.1, 0.15) is 12.4 Å². The van der Waals surface area contributed by atoms with Crippen LogP contribution in [-0.4, -0.2) is 31.0 Å². The van der Waals surface area contributed by atoms with E-state index in [1.165, 1.54) is 17.0 Å². The van der Waals surface area contributed by atoms with Crippen molar-refractivity contribution in [2.45, 2.75) is 12.6 Å². The van der Waals surface area contributed by atoms with Crippen molar-refractivity contribution >= 4 is 21.9 Å². The van der Waals surface area contributed by atoms with Crippen molar-refractivity contribution in [3.8, 4) is 0 Å². The summed E-state index contributed by atoms with van der Waals surface area (Å²) in [5.74, 6) is -0.250. The predicted molar refractivity (Wildman–Crippen MR) is 48.7 cm³/mol. The van der Waals surface area contributed by atoms with Crippen LogP contribution in [0.15, 0.2) is 12.4 Å². The number of hydrogen-bond acceptors (Lipinski definition) is 4. The monoisotopic (exact) mass is 249 g/mol. The third kappa shape index (κ3) is 2.49. The van der Waals surface area contributed by atoms with Gasteiger partial charge in [-0.3, -0.25) is 0 Å². The van der Waals surface area contributed by atoms with E-state index < -0.39 is 11.0 Å². The van der Waals surface area contributed by atoms with Gasteiger partial charge in [-0.2, -0.15) is 0 Å². The van der Waals surface area contributed by atoms with Gasteiger partial charge in [0, 0.05) is 5.33 Å². The lowest BCUT2D eigenvalue weighted by Crippen LogP contribution is -2.17. The molecule has 72 valence electrons. The van der Waals surface area contributed by atoms with Crippen LogP contribution >= 0.6 is 15.9 Å². The molecule has 1 rings (SSSR count). The van der Waals surface area contributed by atoms with Crippen LogP contribution in [0, 0.1) is 10.1 Å². The number of halogens is 1. The number of alkyl halides is 1. The van der Waals surface area contributed by atoms with E-state index in [0.29, 0.717) is 5.33 Å². The number of aromatic nitrogens is 2. The number of nitro groups is 1. The summed E-state index contributed by atoms with van der Waals surface area (Å²) < 4.78 is 1.30. The second-order valence-corrected chi connectivity index (χ2v) is 3.09. The van der Waals surface area contributed by atoms with Gasteiger partial charge in [0.05, 0.1) is 12.6 Å². The molecular weight excluding hydrogens is 242 g/mol. The fourth-order valence-electron chi connectivity index (χ4n) is 0.892. The smallest absolute Gasteiger partial charge is 0.390 e. The lowest BCUT2D eigenvalue weighted by atomic mass is 10.4. The molecule has 0 fully saturated rings. The standard InChI is InChI=1S/C6H8BrN3O3/c7-3-5(11)4-9-2-1-8-6(9)10(12)13/h1-2,5,11H,3-4H2. The molecule has 1 unspecified atom stereocenters. The van der Waals surface area contributed by atoms with Gasteiger partial charge in [-0.15, -0.1) is 0 Å². The Labute approximate surface area is 82.5 Å². The first-order valence-electron chi connectivity index (χ1n) is 3.54. The number of rotatable bonds is 4. The second kappa shape index (κ2) is 4.33. The van der Waals surface area contributed by atoms with Crippen LogP contribution in [0.3, 0.4) is 0 Å². The Bertz CT molecular complexity index is 301. The first-order valence-corrected chi connectivity index (χ1v) is 4.67. The van der Waals surface area contributed by atoms with E-state index >= 15 is 0 Å². The highest BCUT2D eigenvalue weighted by Crippen LogP contribution is 2.08. The van der Waals surface area contributed by atoms with Gasteiger partial charge in [0.2, 0.25) is 0 Å². The lowest BCUT2D eigenvalue weighted by Gasteiger charge is -2.05. The minimum atomic E-state index is -0.645. The minimum Gasteiger partial charge on any atom is -0.390 e. The third-order valence-electron chi connectivity index (χ3n) is 1.44. The van der Waals surface area contributed by atoms with Crippen molar-refractivity contribution < 1.29 is 10.0 Å². The lowest BCUT2D eigenvalue weighted by molar-refractivity contribution is -0.397. The summed E-state index contributed by atoms with van der Waals surface area (Å²) in [5, 5.41) is 20.0. The number of imidazole rings is 1. The zero-order chi connectivity index (χ0) is 9.84. The molecule has 0 aliphatic heterocycles. The fourth-order valence-corrected chi connectivity index (χ4v) is 1.10. The fraction of sp³-hybridized carbons (Fsp3) is 0.500.